The molecule has 2 aromatic carbocycles. The monoisotopic (exact) mass is 546 g/mol. The normalized spacial score (nSPS) is 12.0. The van der Waals surface area contributed by atoms with E-state index in [9.17, 15) is 8.42 Å². The van der Waals surface area contributed by atoms with E-state index in [-0.39, 0.29) is 54.4 Å². The lowest BCUT2D eigenvalue weighted by molar-refractivity contribution is 0.242. The zero-order valence-corrected chi connectivity index (χ0v) is 20.9. The molecule has 0 fully saturated rings. The van der Waals surface area contributed by atoms with Gasteiger partial charge in [-0.3, -0.25) is 0 Å². The van der Waals surface area contributed by atoms with Gasteiger partial charge in [-0.2, -0.15) is 0 Å². The number of hydrogen-bond donors (Lipinski definition) is 3. The van der Waals surface area contributed by atoms with E-state index in [1.165, 1.54) is 0 Å². The van der Waals surface area contributed by atoms with E-state index in [0.29, 0.717) is 5.56 Å². The molecule has 7 nitrogen and oxygen atoms in total. The molecule has 0 amide bonds. The fourth-order valence-corrected chi connectivity index (χ4v) is 4.20. The zero-order chi connectivity index (χ0) is 21.4. The second-order valence-corrected chi connectivity index (χ2v) is 9.07. The second kappa shape index (κ2) is 12.1. The molecule has 0 saturated carbocycles. The predicted molar refractivity (Wildman–Crippen MR) is 134 cm³/mol. The summed E-state index contributed by atoms with van der Waals surface area (Å²) in [5.74, 6) is 0.938. The first kappa shape index (κ1) is 26.2. The van der Waals surface area contributed by atoms with Crippen LogP contribution < -0.4 is 20.5 Å². The molecule has 0 aromatic heterocycles. The van der Waals surface area contributed by atoms with E-state index < -0.39 is 10.0 Å². The summed E-state index contributed by atoms with van der Waals surface area (Å²) < 4.78 is 32.7. The number of anilines is 1. The average molecular weight is 546 g/mol. The zero-order valence-electron chi connectivity index (χ0n) is 17.8. The van der Waals surface area contributed by atoms with E-state index in [0.717, 1.165) is 17.0 Å². The van der Waals surface area contributed by atoms with Gasteiger partial charge in [-0.05, 0) is 63.1 Å². The van der Waals surface area contributed by atoms with Crippen molar-refractivity contribution < 1.29 is 13.2 Å². The van der Waals surface area contributed by atoms with Crippen molar-refractivity contribution in [3.8, 4) is 5.75 Å². The standard InChI is InChI=1S/C21H30N4O3S.HI/c1-15(2)25-29(26,27)14-18-8-6-5-7-17(18)13-23-21(22)24-19-9-11-20(12-10-19)28-16(3)4;/h5-12,15-16,25H,13-14H2,1-4H3,(H3,22,23,24);1H. The smallest absolute Gasteiger partial charge is 0.216 e. The quantitative estimate of drug-likeness (QED) is 0.252. The molecule has 0 aliphatic rings. The molecule has 9 heteroatoms. The molecule has 0 radical (unpaired) electrons. The average Bonchev–Trinajstić information content (AvgIpc) is 2.61. The van der Waals surface area contributed by atoms with Crippen molar-refractivity contribution in [2.75, 3.05) is 5.32 Å². The van der Waals surface area contributed by atoms with Gasteiger partial charge in [0.05, 0.1) is 18.4 Å². The number of nitrogens with one attached hydrogen (secondary N) is 2. The highest BCUT2D eigenvalue weighted by Gasteiger charge is 2.15. The van der Waals surface area contributed by atoms with Crippen LogP contribution in [0.15, 0.2) is 53.5 Å². The van der Waals surface area contributed by atoms with Crippen LogP contribution in [0.4, 0.5) is 5.69 Å². The molecule has 0 unspecified atom stereocenters. The maximum absolute atomic E-state index is 12.2. The number of rotatable bonds is 9. The van der Waals surface area contributed by atoms with Crippen LogP contribution in [0.3, 0.4) is 0 Å². The number of sulfonamides is 1. The van der Waals surface area contributed by atoms with E-state index in [1.54, 1.807) is 19.9 Å². The van der Waals surface area contributed by atoms with Crippen LogP contribution in [0.25, 0.3) is 0 Å². The molecule has 2 rings (SSSR count). The van der Waals surface area contributed by atoms with Crippen molar-refractivity contribution in [1.82, 2.24) is 4.72 Å². The molecular weight excluding hydrogens is 515 g/mol. The first-order valence-electron chi connectivity index (χ1n) is 9.55. The highest BCUT2D eigenvalue weighted by molar-refractivity contribution is 14.0. The second-order valence-electron chi connectivity index (χ2n) is 7.32. The molecule has 0 spiro atoms. The van der Waals surface area contributed by atoms with Gasteiger partial charge in [-0.25, -0.2) is 18.1 Å². The molecule has 0 heterocycles. The highest BCUT2D eigenvalue weighted by atomic mass is 127. The Morgan fingerprint density at radius 1 is 1.03 bits per heavy atom. The number of guanidine groups is 1. The Morgan fingerprint density at radius 3 is 2.20 bits per heavy atom. The summed E-state index contributed by atoms with van der Waals surface area (Å²) in [6, 6.07) is 14.6. The molecule has 0 aliphatic carbocycles. The van der Waals surface area contributed by atoms with Crippen molar-refractivity contribution in [3.05, 3.63) is 59.7 Å². The Labute approximate surface area is 196 Å². The van der Waals surface area contributed by atoms with E-state index >= 15 is 0 Å². The third-order valence-electron chi connectivity index (χ3n) is 3.80. The van der Waals surface area contributed by atoms with Crippen LogP contribution >= 0.6 is 24.0 Å². The summed E-state index contributed by atoms with van der Waals surface area (Å²) in [7, 11) is -3.41. The lowest BCUT2D eigenvalue weighted by Gasteiger charge is -2.12. The van der Waals surface area contributed by atoms with Crippen molar-refractivity contribution >= 4 is 45.6 Å². The Hall–Kier alpha value is -1.85. The third kappa shape index (κ3) is 9.31. The Kier molecular flexibility index (Phi) is 10.6. The lowest BCUT2D eigenvalue weighted by atomic mass is 10.1. The van der Waals surface area contributed by atoms with Crippen molar-refractivity contribution in [1.29, 1.82) is 0 Å². The number of halogens is 1. The highest BCUT2D eigenvalue weighted by Crippen LogP contribution is 2.17. The van der Waals surface area contributed by atoms with Gasteiger partial charge in [0.2, 0.25) is 10.0 Å². The largest absolute Gasteiger partial charge is 0.491 e. The third-order valence-corrected chi connectivity index (χ3v) is 5.32. The molecule has 4 N–H and O–H groups in total. The van der Waals surface area contributed by atoms with Crippen LogP contribution in [0, 0.1) is 0 Å². The summed E-state index contributed by atoms with van der Waals surface area (Å²) in [6.07, 6.45) is 0.111. The van der Waals surface area contributed by atoms with Gasteiger partial charge in [0.25, 0.3) is 0 Å². The number of nitrogens with two attached hydrogens (primary N) is 1. The van der Waals surface area contributed by atoms with Crippen LogP contribution in [0.2, 0.25) is 0 Å². The van der Waals surface area contributed by atoms with Crippen LogP contribution in [-0.2, 0) is 22.3 Å². The van der Waals surface area contributed by atoms with E-state index in [4.69, 9.17) is 10.5 Å². The number of ether oxygens (including phenoxy) is 1. The lowest BCUT2D eigenvalue weighted by Crippen LogP contribution is -2.31. The molecule has 2 aromatic rings. The summed E-state index contributed by atoms with van der Waals surface area (Å²) in [4.78, 5) is 4.35. The van der Waals surface area contributed by atoms with Gasteiger partial charge in [0.15, 0.2) is 5.96 Å². The number of aliphatic imine (C=N–C) groups is 1. The Bertz CT molecular complexity index is 930. The SMILES string of the molecule is CC(C)NS(=O)(=O)Cc1ccccc1CN=C(N)Nc1ccc(OC(C)C)cc1.I. The molecule has 0 bridgehead atoms. The van der Waals surface area contributed by atoms with E-state index in [2.05, 4.69) is 15.0 Å². The molecule has 0 aliphatic heterocycles. The predicted octanol–water partition coefficient (Wildman–Crippen LogP) is 3.85. The molecule has 0 atom stereocenters. The first-order valence-corrected chi connectivity index (χ1v) is 11.2. The van der Waals surface area contributed by atoms with Crippen LogP contribution in [-0.4, -0.2) is 26.5 Å². The minimum absolute atomic E-state index is 0. The molecule has 166 valence electrons. The van der Waals surface area contributed by atoms with Gasteiger partial charge < -0.3 is 15.8 Å². The van der Waals surface area contributed by atoms with Gasteiger partial charge in [-0.1, -0.05) is 24.3 Å². The molecule has 0 saturated heterocycles. The van der Waals surface area contributed by atoms with Gasteiger partial charge in [-0.15, -0.1) is 24.0 Å². The summed E-state index contributed by atoms with van der Waals surface area (Å²) in [6.45, 7) is 7.81. The summed E-state index contributed by atoms with van der Waals surface area (Å²) >= 11 is 0. The summed E-state index contributed by atoms with van der Waals surface area (Å²) in [5.41, 5.74) is 8.30. The maximum Gasteiger partial charge on any atom is 0.216 e. The molecular formula is C21H31IN4O3S. The minimum Gasteiger partial charge on any atom is -0.491 e. The van der Waals surface area contributed by atoms with Crippen molar-refractivity contribution in [3.63, 3.8) is 0 Å². The van der Waals surface area contributed by atoms with Crippen molar-refractivity contribution in [2.24, 2.45) is 10.7 Å². The number of benzene rings is 2. The number of hydrogen-bond acceptors (Lipinski definition) is 4. The Balaban J connectivity index is 0.00000450. The fraction of sp³-hybridized carbons (Fsp3) is 0.381. The minimum atomic E-state index is -3.41. The number of nitrogens with zero attached hydrogens (tertiary/aromatic N) is 1. The van der Waals surface area contributed by atoms with Gasteiger partial charge >= 0.3 is 0 Å². The fourth-order valence-electron chi connectivity index (χ4n) is 2.70. The first-order chi connectivity index (χ1) is 13.6. The van der Waals surface area contributed by atoms with Crippen molar-refractivity contribution in [2.45, 2.75) is 52.1 Å². The van der Waals surface area contributed by atoms with Gasteiger partial charge in [0.1, 0.15) is 5.75 Å². The van der Waals surface area contributed by atoms with Crippen LogP contribution in [0.1, 0.15) is 38.8 Å². The Morgan fingerprint density at radius 2 is 1.63 bits per heavy atom. The topological polar surface area (TPSA) is 106 Å². The van der Waals surface area contributed by atoms with Crippen LogP contribution in [0.5, 0.6) is 5.75 Å². The summed E-state index contributed by atoms with van der Waals surface area (Å²) in [5, 5.41) is 3.03. The van der Waals surface area contributed by atoms with Gasteiger partial charge in [0, 0.05) is 11.7 Å². The molecule has 30 heavy (non-hydrogen) atoms. The van der Waals surface area contributed by atoms with E-state index in [1.807, 2.05) is 56.3 Å². The maximum atomic E-state index is 12.2.